The molecule has 0 saturated heterocycles. The second-order valence-electron chi connectivity index (χ2n) is 4.54. The predicted molar refractivity (Wildman–Crippen MR) is 86.0 cm³/mol. The SMILES string of the molecule is CN(C)c1cccc(Cl)c1C1C(Cl)=C(Cl)C=CC1Cl. The Morgan fingerprint density at radius 1 is 1.11 bits per heavy atom. The smallest absolute Gasteiger partial charge is 0.0639 e. The normalized spacial score (nSPS) is 22.8. The van der Waals surface area contributed by atoms with Gasteiger partial charge in [0.25, 0.3) is 0 Å². The maximum atomic E-state index is 6.38. The van der Waals surface area contributed by atoms with E-state index >= 15 is 0 Å². The first-order valence-corrected chi connectivity index (χ1v) is 7.33. The molecule has 2 atom stereocenters. The largest absolute Gasteiger partial charge is 0.377 e. The van der Waals surface area contributed by atoms with Crippen molar-refractivity contribution in [3.8, 4) is 0 Å². The topological polar surface area (TPSA) is 3.24 Å². The predicted octanol–water partition coefficient (Wildman–Crippen LogP) is 5.36. The molecule has 0 saturated carbocycles. The molecule has 0 spiro atoms. The molecule has 0 heterocycles. The van der Waals surface area contributed by atoms with Gasteiger partial charge in [-0.1, -0.05) is 46.9 Å². The van der Waals surface area contributed by atoms with E-state index in [1.807, 2.05) is 43.3 Å². The van der Waals surface area contributed by atoms with E-state index in [1.165, 1.54) is 0 Å². The minimum absolute atomic E-state index is 0.230. The summed E-state index contributed by atoms with van der Waals surface area (Å²) >= 11 is 25.2. The van der Waals surface area contributed by atoms with Crippen molar-refractivity contribution in [1.29, 1.82) is 0 Å². The van der Waals surface area contributed by atoms with Crippen LogP contribution in [-0.4, -0.2) is 19.5 Å². The molecule has 2 rings (SSSR count). The molecule has 0 radical (unpaired) electrons. The van der Waals surface area contributed by atoms with Crippen LogP contribution in [0.25, 0.3) is 0 Å². The average Bonchev–Trinajstić information content (AvgIpc) is 2.36. The van der Waals surface area contributed by atoms with Crippen LogP contribution in [0.15, 0.2) is 40.4 Å². The Bertz CT molecular complexity index is 548. The minimum atomic E-state index is -0.270. The van der Waals surface area contributed by atoms with Crippen LogP contribution >= 0.6 is 46.4 Å². The Hall–Kier alpha value is -0.340. The summed E-state index contributed by atoms with van der Waals surface area (Å²) in [6.07, 6.45) is 3.56. The van der Waals surface area contributed by atoms with Gasteiger partial charge in [-0.3, -0.25) is 0 Å². The van der Waals surface area contributed by atoms with Crippen molar-refractivity contribution in [1.82, 2.24) is 0 Å². The number of alkyl halides is 1. The molecule has 102 valence electrons. The average molecular weight is 337 g/mol. The number of hydrogen-bond acceptors (Lipinski definition) is 1. The third-order valence-corrected chi connectivity index (χ3v) is 4.66. The molecule has 1 nitrogen and oxygen atoms in total. The molecule has 1 aliphatic rings. The van der Waals surface area contributed by atoms with Gasteiger partial charge in [-0.2, -0.15) is 0 Å². The van der Waals surface area contributed by atoms with E-state index in [2.05, 4.69) is 0 Å². The zero-order valence-electron chi connectivity index (χ0n) is 10.5. The number of nitrogens with zero attached hydrogens (tertiary/aromatic N) is 1. The summed E-state index contributed by atoms with van der Waals surface area (Å²) in [5.74, 6) is -0.230. The maximum Gasteiger partial charge on any atom is 0.0639 e. The second-order valence-corrected chi connectivity index (χ2v) is 6.27. The Morgan fingerprint density at radius 2 is 1.79 bits per heavy atom. The van der Waals surface area contributed by atoms with Crippen LogP contribution < -0.4 is 4.90 Å². The first-order valence-electron chi connectivity index (χ1n) is 5.76. The number of allylic oxidation sites excluding steroid dienone is 4. The molecule has 0 amide bonds. The summed E-state index contributed by atoms with van der Waals surface area (Å²) in [4.78, 5) is 1.99. The summed E-state index contributed by atoms with van der Waals surface area (Å²) < 4.78 is 0. The van der Waals surface area contributed by atoms with Crippen molar-refractivity contribution in [2.24, 2.45) is 0 Å². The third kappa shape index (κ3) is 2.90. The second kappa shape index (κ2) is 5.97. The van der Waals surface area contributed by atoms with Crippen molar-refractivity contribution in [2.75, 3.05) is 19.0 Å². The highest BCUT2D eigenvalue weighted by atomic mass is 35.5. The monoisotopic (exact) mass is 335 g/mol. The number of hydrogen-bond donors (Lipinski definition) is 0. The van der Waals surface area contributed by atoms with Crippen LogP contribution in [-0.2, 0) is 0 Å². The summed E-state index contributed by atoms with van der Waals surface area (Å²) in [7, 11) is 3.91. The van der Waals surface area contributed by atoms with Gasteiger partial charge >= 0.3 is 0 Å². The van der Waals surface area contributed by atoms with Crippen LogP contribution in [0.3, 0.4) is 0 Å². The van der Waals surface area contributed by atoms with Gasteiger partial charge < -0.3 is 4.90 Å². The molecule has 1 aromatic rings. The van der Waals surface area contributed by atoms with E-state index < -0.39 is 0 Å². The first kappa shape index (κ1) is 15.1. The Kier molecular flexibility index (Phi) is 4.73. The molecule has 2 unspecified atom stereocenters. The standard InChI is InChI=1S/C14H13Cl4N/c1-19(2)11-5-3-4-8(15)12(11)13-9(16)6-7-10(17)14(13)18/h3-7,9,13H,1-2H3. The van der Waals surface area contributed by atoms with E-state index in [4.69, 9.17) is 46.4 Å². The lowest BCUT2D eigenvalue weighted by Crippen LogP contribution is -2.20. The Morgan fingerprint density at radius 3 is 2.42 bits per heavy atom. The van der Waals surface area contributed by atoms with Crippen LogP contribution in [0.2, 0.25) is 5.02 Å². The molecule has 5 heteroatoms. The Balaban J connectivity index is 2.61. The Labute approximate surface area is 133 Å². The number of rotatable bonds is 2. The van der Waals surface area contributed by atoms with Gasteiger partial charge in [0, 0.05) is 41.3 Å². The van der Waals surface area contributed by atoms with E-state index in [0.29, 0.717) is 15.1 Å². The summed E-state index contributed by atoms with van der Waals surface area (Å²) in [6.45, 7) is 0. The van der Waals surface area contributed by atoms with Crippen LogP contribution in [0.1, 0.15) is 11.5 Å². The lowest BCUT2D eigenvalue weighted by molar-refractivity contribution is 0.837. The highest BCUT2D eigenvalue weighted by Gasteiger charge is 2.31. The van der Waals surface area contributed by atoms with E-state index in [0.717, 1.165) is 11.3 Å². The molecule has 1 aliphatic carbocycles. The fourth-order valence-electron chi connectivity index (χ4n) is 2.16. The molecule has 1 aromatic carbocycles. The highest BCUT2D eigenvalue weighted by Crippen LogP contribution is 2.46. The highest BCUT2D eigenvalue weighted by molar-refractivity contribution is 6.42. The molecule has 0 aromatic heterocycles. The maximum absolute atomic E-state index is 6.38. The van der Waals surface area contributed by atoms with Crippen LogP contribution in [0.4, 0.5) is 5.69 Å². The molecular formula is C14H13Cl4N. The van der Waals surface area contributed by atoms with Gasteiger partial charge in [0.2, 0.25) is 0 Å². The number of halogens is 4. The molecule has 0 aliphatic heterocycles. The van der Waals surface area contributed by atoms with Gasteiger partial charge in [0.1, 0.15) is 0 Å². The molecule has 0 N–H and O–H groups in total. The van der Waals surface area contributed by atoms with Crippen molar-refractivity contribution in [3.05, 3.63) is 51.0 Å². The van der Waals surface area contributed by atoms with E-state index in [1.54, 1.807) is 6.08 Å². The zero-order valence-corrected chi connectivity index (χ0v) is 13.5. The van der Waals surface area contributed by atoms with Crippen molar-refractivity contribution in [2.45, 2.75) is 11.3 Å². The van der Waals surface area contributed by atoms with Gasteiger partial charge in [-0.15, -0.1) is 11.6 Å². The van der Waals surface area contributed by atoms with Crippen LogP contribution in [0.5, 0.6) is 0 Å². The van der Waals surface area contributed by atoms with Crippen molar-refractivity contribution < 1.29 is 0 Å². The first-order chi connectivity index (χ1) is 8.93. The van der Waals surface area contributed by atoms with Gasteiger partial charge in [0.05, 0.1) is 10.4 Å². The lowest BCUT2D eigenvalue weighted by Gasteiger charge is -2.29. The van der Waals surface area contributed by atoms with E-state index in [9.17, 15) is 0 Å². The number of anilines is 1. The summed E-state index contributed by atoms with van der Waals surface area (Å²) in [5, 5.41) is 1.40. The van der Waals surface area contributed by atoms with Crippen LogP contribution in [0, 0.1) is 0 Å². The summed E-state index contributed by atoms with van der Waals surface area (Å²) in [6, 6.07) is 5.73. The molecule has 19 heavy (non-hydrogen) atoms. The quantitative estimate of drug-likeness (QED) is 0.657. The van der Waals surface area contributed by atoms with Gasteiger partial charge in [-0.05, 0) is 18.2 Å². The van der Waals surface area contributed by atoms with Gasteiger partial charge in [-0.25, -0.2) is 0 Å². The molecule has 0 fully saturated rings. The van der Waals surface area contributed by atoms with Crippen molar-refractivity contribution >= 4 is 52.1 Å². The third-order valence-electron chi connectivity index (χ3n) is 3.07. The van der Waals surface area contributed by atoms with Crippen molar-refractivity contribution in [3.63, 3.8) is 0 Å². The minimum Gasteiger partial charge on any atom is -0.377 e. The molecule has 0 bridgehead atoms. The van der Waals surface area contributed by atoms with E-state index in [-0.39, 0.29) is 11.3 Å². The van der Waals surface area contributed by atoms with Gasteiger partial charge in [0.15, 0.2) is 0 Å². The zero-order chi connectivity index (χ0) is 14.2. The fourth-order valence-corrected chi connectivity index (χ4v) is 3.34. The fraction of sp³-hybridized carbons (Fsp3) is 0.286. The lowest BCUT2D eigenvalue weighted by atomic mass is 9.90. The number of benzene rings is 1. The molecular weight excluding hydrogens is 324 g/mol. The summed E-state index contributed by atoms with van der Waals surface area (Å²) in [5.41, 5.74) is 1.89.